The number of piperazine rings is 1. The third kappa shape index (κ3) is 4.44. The molecule has 5 atom stereocenters. The van der Waals surface area contributed by atoms with E-state index in [4.69, 9.17) is 36.8 Å². The summed E-state index contributed by atoms with van der Waals surface area (Å²) < 4.78 is 42.1. The number of fused-ring (bicyclic) bond motifs is 4. The van der Waals surface area contributed by atoms with Crippen molar-refractivity contribution in [3.8, 4) is 6.01 Å². The van der Waals surface area contributed by atoms with Crippen LogP contribution in [0.5, 0.6) is 6.01 Å². The number of nitrogens with zero attached hydrogens (tertiary/aromatic N) is 4. The molecule has 4 fully saturated rings. The molecule has 0 saturated carbocycles. The van der Waals surface area contributed by atoms with Gasteiger partial charge in [-0.2, -0.15) is 9.97 Å². The van der Waals surface area contributed by atoms with Gasteiger partial charge in [-0.05, 0) is 50.8 Å². The van der Waals surface area contributed by atoms with Crippen LogP contribution in [0.25, 0.3) is 0 Å². The molecule has 8 nitrogen and oxygen atoms in total. The molecular weight excluding hydrogens is 526 g/mol. The highest BCUT2D eigenvalue weighted by Gasteiger charge is 2.49. The predicted octanol–water partition coefficient (Wildman–Crippen LogP) is 3.87. The summed E-state index contributed by atoms with van der Waals surface area (Å²) in [6.45, 7) is 5.45. The van der Waals surface area contributed by atoms with Crippen molar-refractivity contribution < 1.29 is 18.3 Å². The molecule has 2 bridgehead atoms. The van der Waals surface area contributed by atoms with Crippen LogP contribution in [-0.2, 0) is 17.8 Å². The van der Waals surface area contributed by atoms with Crippen molar-refractivity contribution in [3.05, 3.63) is 39.3 Å². The molecular formula is C28H35ClF2N6O2. The van der Waals surface area contributed by atoms with E-state index in [9.17, 15) is 4.39 Å². The van der Waals surface area contributed by atoms with Crippen molar-refractivity contribution in [2.45, 2.75) is 82.0 Å². The molecule has 0 amide bonds. The molecule has 2 aromatic rings. The minimum atomic E-state index is -0.829. The van der Waals surface area contributed by atoms with E-state index in [1.165, 1.54) is 0 Å². The van der Waals surface area contributed by atoms with Crippen LogP contribution < -0.4 is 20.7 Å². The highest BCUT2D eigenvalue weighted by Crippen LogP contribution is 2.43. The Morgan fingerprint density at radius 3 is 2.85 bits per heavy atom. The van der Waals surface area contributed by atoms with Gasteiger partial charge in [0.15, 0.2) is 5.82 Å². The van der Waals surface area contributed by atoms with E-state index in [2.05, 4.69) is 15.1 Å². The second-order valence-corrected chi connectivity index (χ2v) is 12.4. The average molecular weight is 561 g/mol. The predicted molar refractivity (Wildman–Crippen MR) is 145 cm³/mol. The zero-order valence-electron chi connectivity index (χ0n) is 22.2. The summed E-state index contributed by atoms with van der Waals surface area (Å²) in [5.41, 5.74) is 8.33. The first-order valence-corrected chi connectivity index (χ1v) is 14.5. The molecule has 39 heavy (non-hydrogen) atoms. The fourth-order valence-electron chi connectivity index (χ4n) is 7.47. The third-order valence-corrected chi connectivity index (χ3v) is 9.87. The molecule has 11 heteroatoms. The lowest BCUT2D eigenvalue weighted by molar-refractivity contribution is 0.0233. The van der Waals surface area contributed by atoms with E-state index in [-0.39, 0.29) is 29.4 Å². The van der Waals surface area contributed by atoms with Crippen molar-refractivity contribution in [2.75, 3.05) is 43.4 Å². The largest absolute Gasteiger partial charge is 0.461 e. The van der Waals surface area contributed by atoms with Crippen molar-refractivity contribution in [1.82, 2.24) is 20.2 Å². The topological polar surface area (TPSA) is 88.8 Å². The Kier molecular flexibility index (Phi) is 6.37. The Morgan fingerprint density at radius 1 is 1.26 bits per heavy atom. The van der Waals surface area contributed by atoms with Gasteiger partial charge in [0, 0.05) is 55.7 Å². The van der Waals surface area contributed by atoms with Crippen LogP contribution in [0, 0.1) is 12.7 Å². The van der Waals surface area contributed by atoms with Gasteiger partial charge < -0.3 is 25.4 Å². The molecule has 5 aliphatic heterocycles. The van der Waals surface area contributed by atoms with Crippen LogP contribution in [0.2, 0.25) is 5.02 Å². The third-order valence-electron chi connectivity index (χ3n) is 9.37. The molecule has 2 unspecified atom stereocenters. The number of nitrogens with two attached hydrogens (primary N) is 1. The van der Waals surface area contributed by atoms with Crippen LogP contribution in [-0.4, -0.2) is 71.4 Å². The summed E-state index contributed by atoms with van der Waals surface area (Å²) in [4.78, 5) is 14.3. The SMILES string of the molecule is Cc1cc(N)c(F)c([C@H]2Cc3nc(OC[C@@]45CCCN4C[C@H](F)C5)nc(N4CC5CCC(C4)N5)c3CO2)c1Cl. The van der Waals surface area contributed by atoms with Crippen molar-refractivity contribution in [3.63, 3.8) is 0 Å². The van der Waals surface area contributed by atoms with E-state index >= 15 is 4.39 Å². The maximum absolute atomic E-state index is 15.2. The van der Waals surface area contributed by atoms with Gasteiger partial charge in [0.2, 0.25) is 0 Å². The number of aryl methyl sites for hydroxylation is 1. The Bertz CT molecular complexity index is 1260. The number of benzene rings is 1. The van der Waals surface area contributed by atoms with Gasteiger partial charge in [-0.1, -0.05) is 11.6 Å². The minimum absolute atomic E-state index is 0.0492. The van der Waals surface area contributed by atoms with Crippen LogP contribution in [0.15, 0.2) is 6.07 Å². The zero-order chi connectivity index (χ0) is 26.9. The summed E-state index contributed by atoms with van der Waals surface area (Å²) in [6.07, 6.45) is 3.59. The van der Waals surface area contributed by atoms with E-state index < -0.39 is 18.1 Å². The smallest absolute Gasteiger partial charge is 0.318 e. The molecule has 0 aliphatic carbocycles. The van der Waals surface area contributed by atoms with E-state index in [0.717, 1.165) is 62.4 Å². The van der Waals surface area contributed by atoms with Crippen LogP contribution >= 0.6 is 11.6 Å². The molecule has 5 aliphatic rings. The molecule has 210 valence electrons. The Balaban J connectivity index is 1.23. The number of nitrogen functional groups attached to an aromatic ring is 1. The quantitative estimate of drug-likeness (QED) is 0.533. The van der Waals surface area contributed by atoms with Gasteiger partial charge in [-0.3, -0.25) is 4.90 Å². The fraction of sp³-hybridized carbons (Fsp3) is 0.643. The van der Waals surface area contributed by atoms with Crippen LogP contribution in [0.4, 0.5) is 20.3 Å². The molecule has 7 rings (SSSR count). The lowest BCUT2D eigenvalue weighted by Crippen LogP contribution is -2.52. The summed E-state index contributed by atoms with van der Waals surface area (Å²) >= 11 is 6.56. The lowest BCUT2D eigenvalue weighted by atomic mass is 9.95. The van der Waals surface area contributed by atoms with Gasteiger partial charge in [-0.15, -0.1) is 0 Å². The number of nitrogens with one attached hydrogen (secondary N) is 1. The summed E-state index contributed by atoms with van der Waals surface area (Å²) in [5, 5.41) is 3.99. The van der Waals surface area contributed by atoms with Crippen molar-refractivity contribution in [1.29, 1.82) is 0 Å². The standard InChI is InChI=1S/C28H35ClF2N6O2/c1-15-7-20(32)25(31)23(24(15)29)22-8-21-19(13-38-22)26(36-11-17-3-4-18(12-36)33-17)35-27(34-21)39-14-28-5-2-6-37(28)10-16(30)9-28/h7,16-18,22,33H,2-6,8-14,32H2,1H3/t16-,17?,18?,22-,28+/m1/s1. The van der Waals surface area contributed by atoms with Gasteiger partial charge in [0.05, 0.1) is 34.7 Å². The average Bonchev–Trinajstić information content (AvgIpc) is 3.56. The maximum Gasteiger partial charge on any atom is 0.318 e. The monoisotopic (exact) mass is 560 g/mol. The van der Waals surface area contributed by atoms with Crippen LogP contribution in [0.1, 0.15) is 60.6 Å². The first-order chi connectivity index (χ1) is 18.8. The molecule has 3 N–H and O–H groups in total. The Morgan fingerprint density at radius 2 is 2.05 bits per heavy atom. The first kappa shape index (κ1) is 25.7. The van der Waals surface area contributed by atoms with Gasteiger partial charge in [0.1, 0.15) is 18.6 Å². The second kappa shape index (κ2) is 9.68. The van der Waals surface area contributed by atoms with Gasteiger partial charge in [0.25, 0.3) is 0 Å². The molecule has 1 aromatic carbocycles. The number of alkyl halides is 1. The summed E-state index contributed by atoms with van der Waals surface area (Å²) in [6, 6.07) is 2.67. The number of ether oxygens (including phenoxy) is 2. The zero-order valence-corrected chi connectivity index (χ0v) is 22.9. The number of rotatable bonds is 5. The molecule has 4 saturated heterocycles. The molecule has 0 radical (unpaired) electrons. The number of aromatic nitrogens is 2. The van der Waals surface area contributed by atoms with Crippen molar-refractivity contribution in [2.24, 2.45) is 0 Å². The molecule has 6 heterocycles. The Labute approximate surface area is 232 Å². The Hall–Kier alpha value is -2.27. The first-order valence-electron chi connectivity index (χ1n) is 14.1. The summed E-state index contributed by atoms with van der Waals surface area (Å²) in [5.74, 6) is 0.267. The highest BCUT2D eigenvalue weighted by molar-refractivity contribution is 6.32. The second-order valence-electron chi connectivity index (χ2n) is 12.0. The number of halogens is 3. The van der Waals surface area contributed by atoms with Crippen molar-refractivity contribution >= 4 is 23.1 Å². The van der Waals surface area contributed by atoms with E-state index in [1.807, 2.05) is 0 Å². The van der Waals surface area contributed by atoms with Gasteiger partial charge >= 0.3 is 6.01 Å². The fourth-order valence-corrected chi connectivity index (χ4v) is 7.73. The lowest BCUT2D eigenvalue weighted by Gasteiger charge is -2.37. The van der Waals surface area contributed by atoms with Gasteiger partial charge in [-0.25, -0.2) is 8.78 Å². The van der Waals surface area contributed by atoms with Crippen LogP contribution in [0.3, 0.4) is 0 Å². The molecule has 0 spiro atoms. The number of hydrogen-bond donors (Lipinski definition) is 2. The summed E-state index contributed by atoms with van der Waals surface area (Å²) in [7, 11) is 0. The van der Waals surface area contributed by atoms with E-state index in [0.29, 0.717) is 48.7 Å². The molecule has 1 aromatic heterocycles. The minimum Gasteiger partial charge on any atom is -0.461 e. The number of anilines is 2. The highest BCUT2D eigenvalue weighted by atomic mass is 35.5. The van der Waals surface area contributed by atoms with E-state index in [1.54, 1.807) is 13.0 Å². The maximum atomic E-state index is 15.2. The number of hydrogen-bond acceptors (Lipinski definition) is 8. The normalized spacial score (nSPS) is 31.9.